The fourth-order valence-electron chi connectivity index (χ4n) is 0.206. The molecule has 0 spiro atoms. The van der Waals surface area contributed by atoms with Gasteiger partial charge in [0.25, 0.3) is 0 Å². The van der Waals surface area contributed by atoms with E-state index in [0.717, 1.165) is 0 Å². The van der Waals surface area contributed by atoms with Crippen molar-refractivity contribution in [2.24, 2.45) is 0 Å². The SMILES string of the molecule is C[C@H](O)[CH][CH][CH][O].[C-]#[O+].[C-]#[O+].[C-]#[O+].[Fe]. The molecule has 0 rings (SSSR count). The Morgan fingerprint density at radius 1 is 1.14 bits per heavy atom. The van der Waals surface area contributed by atoms with Gasteiger partial charge in [0.05, 0.1) is 6.10 Å². The summed E-state index contributed by atoms with van der Waals surface area (Å²) in [5.41, 5.74) is 0. The van der Waals surface area contributed by atoms with Crippen molar-refractivity contribution in [2.75, 3.05) is 0 Å². The molecule has 5 nitrogen and oxygen atoms in total. The number of hydrogen-bond acceptors (Lipinski definition) is 1. The summed E-state index contributed by atoms with van der Waals surface area (Å²) < 4.78 is 22.5. The third-order valence-electron chi connectivity index (χ3n) is 0.468. The van der Waals surface area contributed by atoms with E-state index >= 15 is 0 Å². The second-order valence-electron chi connectivity index (χ2n) is 1.26. The van der Waals surface area contributed by atoms with Crippen molar-refractivity contribution >= 4 is 0 Å². The van der Waals surface area contributed by atoms with E-state index in [9.17, 15) is 5.11 Å². The van der Waals surface area contributed by atoms with E-state index in [4.69, 9.17) is 19.1 Å². The van der Waals surface area contributed by atoms with Gasteiger partial charge in [-0.15, -0.1) is 0 Å². The van der Waals surface area contributed by atoms with Crippen LogP contribution in [0.25, 0.3) is 0 Å². The molecule has 14 heavy (non-hydrogen) atoms. The third kappa shape index (κ3) is 98.9. The summed E-state index contributed by atoms with van der Waals surface area (Å²) in [4.78, 5) is 0. The molecular weight excluding hydrogens is 232 g/mol. The van der Waals surface area contributed by atoms with Gasteiger partial charge >= 0.3 is 33.9 Å². The predicted octanol–water partition coefficient (Wildman–Crippen LogP) is 0.253. The van der Waals surface area contributed by atoms with Crippen molar-refractivity contribution in [3.05, 3.63) is 39.4 Å². The van der Waals surface area contributed by atoms with Gasteiger partial charge in [-0.05, 0) is 13.3 Å². The van der Waals surface area contributed by atoms with Crippen molar-refractivity contribution in [2.45, 2.75) is 13.0 Å². The first-order valence-electron chi connectivity index (χ1n) is 2.68. The molecule has 0 bridgehead atoms. The fraction of sp³-hybridized carbons (Fsp3) is 0.250. The molecule has 0 heterocycles. The van der Waals surface area contributed by atoms with Crippen LogP contribution >= 0.6 is 0 Å². The summed E-state index contributed by atoms with van der Waals surface area (Å²) in [5, 5.41) is 17.9. The number of hydrogen-bond donors (Lipinski definition) is 1. The molecule has 1 atom stereocenters. The zero-order chi connectivity index (χ0) is 11.7. The second-order valence-corrected chi connectivity index (χ2v) is 1.26. The van der Waals surface area contributed by atoms with Gasteiger partial charge in [0.2, 0.25) is 0 Å². The Hall–Kier alpha value is -0.341. The molecule has 0 amide bonds. The molecular formula is C8H8FeO5. The van der Waals surface area contributed by atoms with Crippen LogP contribution < -0.4 is 0 Å². The molecule has 0 aromatic heterocycles. The summed E-state index contributed by atoms with van der Waals surface area (Å²) in [5.74, 6) is 0. The molecule has 0 aromatic rings. The van der Waals surface area contributed by atoms with Crippen molar-refractivity contribution in [3.63, 3.8) is 0 Å². The van der Waals surface area contributed by atoms with Crippen LogP contribution in [0.3, 0.4) is 0 Å². The Bertz CT molecular complexity index is 104. The third-order valence-corrected chi connectivity index (χ3v) is 0.468. The van der Waals surface area contributed by atoms with E-state index in [2.05, 4.69) is 20.0 Å². The van der Waals surface area contributed by atoms with Gasteiger partial charge < -0.3 is 5.11 Å². The smallest absolute Gasteiger partial charge is 0 e. The average molecular weight is 240 g/mol. The van der Waals surface area contributed by atoms with E-state index in [1.165, 1.54) is 12.8 Å². The Kier molecular flexibility index (Phi) is 112. The van der Waals surface area contributed by atoms with Gasteiger partial charge in [-0.1, -0.05) is 0 Å². The molecule has 0 saturated heterocycles. The maximum Gasteiger partial charge on any atom is 0 e. The van der Waals surface area contributed by atoms with Crippen LogP contribution in [0.2, 0.25) is 0 Å². The van der Waals surface area contributed by atoms with Crippen LogP contribution in [-0.4, -0.2) is 11.2 Å². The zero-order valence-corrected chi connectivity index (χ0v) is 8.35. The van der Waals surface area contributed by atoms with E-state index < -0.39 is 6.10 Å². The molecule has 0 aliphatic rings. The van der Waals surface area contributed by atoms with Gasteiger partial charge in [0.15, 0.2) is 0 Å². The largest absolute Gasteiger partial charge is 0 e. The Morgan fingerprint density at radius 3 is 1.50 bits per heavy atom. The first-order valence-corrected chi connectivity index (χ1v) is 2.68. The zero-order valence-electron chi connectivity index (χ0n) is 7.24. The van der Waals surface area contributed by atoms with E-state index in [1.807, 2.05) is 0 Å². The van der Waals surface area contributed by atoms with Crippen LogP contribution in [0.1, 0.15) is 6.92 Å². The minimum Gasteiger partial charge on any atom is 0 e. The Balaban J connectivity index is -0.0000000332. The van der Waals surface area contributed by atoms with E-state index in [0.29, 0.717) is 6.61 Å². The molecule has 0 aliphatic carbocycles. The molecule has 0 aromatic carbocycles. The minimum absolute atomic E-state index is 0. The normalized spacial score (nSPS) is 7.50. The molecule has 1 N–H and O–H groups in total. The van der Waals surface area contributed by atoms with Crippen LogP contribution in [0.15, 0.2) is 0 Å². The molecule has 0 unspecified atom stereocenters. The first kappa shape index (κ1) is 29.2. The van der Waals surface area contributed by atoms with E-state index in [1.54, 1.807) is 6.92 Å². The van der Waals surface area contributed by atoms with Crippen molar-refractivity contribution in [1.29, 1.82) is 0 Å². The summed E-state index contributed by atoms with van der Waals surface area (Å²) in [6.45, 7) is 15.7. The molecule has 0 fully saturated rings. The van der Waals surface area contributed by atoms with Gasteiger partial charge in [0.1, 0.15) is 6.61 Å². The summed E-state index contributed by atoms with van der Waals surface area (Å²) in [7, 11) is 0. The molecule has 0 saturated carbocycles. The topological polar surface area (TPSA) is 99.8 Å². The van der Waals surface area contributed by atoms with Gasteiger partial charge in [-0.2, -0.15) is 0 Å². The van der Waals surface area contributed by atoms with E-state index in [-0.39, 0.29) is 17.1 Å². The Labute approximate surface area is 94.1 Å². The minimum atomic E-state index is -0.509. The van der Waals surface area contributed by atoms with Gasteiger partial charge in [-0.3, -0.25) is 0 Å². The molecule has 4 radical (unpaired) electrons. The maximum absolute atomic E-state index is 9.51. The van der Waals surface area contributed by atoms with Gasteiger partial charge in [-0.25, -0.2) is 5.11 Å². The van der Waals surface area contributed by atoms with Gasteiger partial charge in [0, 0.05) is 23.5 Å². The average Bonchev–Trinajstić information content (AvgIpc) is 2.24. The second kappa shape index (κ2) is 53.7. The van der Waals surface area contributed by atoms with Crippen LogP contribution in [-0.2, 0) is 36.1 Å². The molecule has 78 valence electrons. The number of rotatable bonds is 3. The number of aliphatic hydroxyl groups is 1. The summed E-state index contributed by atoms with van der Waals surface area (Å²) in [6.07, 6.45) is 2.17. The monoisotopic (exact) mass is 240 g/mol. The van der Waals surface area contributed by atoms with Crippen molar-refractivity contribution in [3.8, 4) is 0 Å². The Morgan fingerprint density at radius 2 is 1.43 bits per heavy atom. The molecule has 6 heteroatoms. The summed E-state index contributed by atoms with van der Waals surface area (Å²) >= 11 is 0. The summed E-state index contributed by atoms with van der Waals surface area (Å²) in [6, 6.07) is 0. The quantitative estimate of drug-likeness (QED) is 0.426. The standard InChI is InChI=1S/C5H8O2.3CO.Fe/c1-5(7)3-2-4-6;3*1-2;/h2-5,7H,1H3;;;;/t5-;;;;/m0..../s1. The van der Waals surface area contributed by atoms with Crippen molar-refractivity contribution in [1.82, 2.24) is 0 Å². The van der Waals surface area contributed by atoms with Crippen LogP contribution in [0.4, 0.5) is 0 Å². The molecule has 0 aliphatic heterocycles. The van der Waals surface area contributed by atoms with Crippen LogP contribution in [0, 0.1) is 39.4 Å². The van der Waals surface area contributed by atoms with Crippen molar-refractivity contribution < 1.29 is 41.2 Å². The van der Waals surface area contributed by atoms with Crippen LogP contribution in [0.5, 0.6) is 0 Å². The fourth-order valence-corrected chi connectivity index (χ4v) is 0.206. The predicted molar refractivity (Wildman–Crippen MR) is 37.1 cm³/mol. The maximum atomic E-state index is 9.51. The number of aliphatic hydroxyl groups excluding tert-OH is 1. The first-order chi connectivity index (χ1) is 6.27.